The largest absolute Gasteiger partial charge is 0.496 e. The molecule has 1 aromatic heterocycles. The molecular formula is C22H24N2O2. The zero-order valence-corrected chi connectivity index (χ0v) is 15.4. The van der Waals surface area contributed by atoms with E-state index in [0.717, 1.165) is 41.4 Å². The number of nitrogens with zero attached hydrogens (tertiary/aromatic N) is 2. The van der Waals surface area contributed by atoms with E-state index in [1.807, 2.05) is 36.4 Å². The molecule has 0 spiro atoms. The van der Waals surface area contributed by atoms with Gasteiger partial charge in [-0.05, 0) is 44.0 Å². The van der Waals surface area contributed by atoms with Gasteiger partial charge in [0.2, 0.25) is 0 Å². The number of methoxy groups -OCH3 is 1. The summed E-state index contributed by atoms with van der Waals surface area (Å²) < 4.78 is 11.4. The highest BCUT2D eigenvalue weighted by Gasteiger charge is 2.16. The van der Waals surface area contributed by atoms with Gasteiger partial charge in [-0.15, -0.1) is 0 Å². The summed E-state index contributed by atoms with van der Waals surface area (Å²) >= 11 is 0. The summed E-state index contributed by atoms with van der Waals surface area (Å²) in [6.45, 7) is 4.79. The molecule has 2 heterocycles. The first-order valence-corrected chi connectivity index (χ1v) is 9.15. The summed E-state index contributed by atoms with van der Waals surface area (Å²) in [6.07, 6.45) is 2.53. The van der Waals surface area contributed by atoms with Crippen molar-refractivity contribution in [2.75, 3.05) is 25.1 Å². The number of hydrogen-bond donors (Lipinski definition) is 0. The van der Waals surface area contributed by atoms with E-state index in [4.69, 9.17) is 14.5 Å². The van der Waals surface area contributed by atoms with Gasteiger partial charge in [0, 0.05) is 41.5 Å². The van der Waals surface area contributed by atoms with Gasteiger partial charge < -0.3 is 14.4 Å². The molecule has 3 aromatic rings. The van der Waals surface area contributed by atoms with Gasteiger partial charge in [0.15, 0.2) is 0 Å². The van der Waals surface area contributed by atoms with Gasteiger partial charge in [-0.3, -0.25) is 4.98 Å². The third-order valence-electron chi connectivity index (χ3n) is 4.92. The molecule has 0 amide bonds. The van der Waals surface area contributed by atoms with Crippen LogP contribution in [0.4, 0.5) is 5.69 Å². The predicted molar refractivity (Wildman–Crippen MR) is 105 cm³/mol. The number of benzene rings is 2. The third kappa shape index (κ3) is 3.32. The van der Waals surface area contributed by atoms with E-state index < -0.39 is 0 Å². The van der Waals surface area contributed by atoms with Crippen molar-refractivity contribution < 1.29 is 9.47 Å². The smallest absolute Gasteiger partial charge is 0.125 e. The van der Waals surface area contributed by atoms with Crippen LogP contribution >= 0.6 is 0 Å². The van der Waals surface area contributed by atoms with Crippen molar-refractivity contribution in [3.63, 3.8) is 0 Å². The topological polar surface area (TPSA) is 34.6 Å². The molecule has 0 N–H and O–H groups in total. The molecular weight excluding hydrogens is 324 g/mol. The molecule has 1 fully saturated rings. The molecule has 4 heteroatoms. The number of para-hydroxylation sites is 1. The first-order valence-electron chi connectivity index (χ1n) is 9.15. The standard InChI is InChI=1S/C22H24N2O2/c1-16-13-21(24-11-5-6-12-24)19-10-9-18(14-20(19)23-16)26-15-17-7-3-4-8-22(17)25-2/h3-4,7-10,13-14H,5-6,11-12,15H2,1-2H3. The average Bonchev–Trinajstić information content (AvgIpc) is 3.20. The van der Waals surface area contributed by atoms with Crippen LogP contribution in [0.3, 0.4) is 0 Å². The molecule has 0 unspecified atom stereocenters. The lowest BCUT2D eigenvalue weighted by atomic mass is 10.1. The highest BCUT2D eigenvalue weighted by atomic mass is 16.5. The van der Waals surface area contributed by atoms with E-state index in [-0.39, 0.29) is 0 Å². The molecule has 1 aliphatic rings. The Morgan fingerprint density at radius 3 is 2.65 bits per heavy atom. The minimum absolute atomic E-state index is 0.473. The molecule has 0 bridgehead atoms. The fraction of sp³-hybridized carbons (Fsp3) is 0.318. The second-order valence-electron chi connectivity index (χ2n) is 6.76. The molecule has 0 saturated carbocycles. The van der Waals surface area contributed by atoms with Crippen molar-refractivity contribution in [3.8, 4) is 11.5 Å². The first-order chi connectivity index (χ1) is 12.7. The molecule has 0 radical (unpaired) electrons. The summed E-state index contributed by atoms with van der Waals surface area (Å²) in [5.74, 6) is 1.67. The molecule has 1 aliphatic heterocycles. The Labute approximate surface area is 154 Å². The molecule has 0 atom stereocenters. The van der Waals surface area contributed by atoms with Crippen LogP contribution in [0, 0.1) is 6.92 Å². The monoisotopic (exact) mass is 348 g/mol. The normalized spacial score (nSPS) is 14.0. The maximum atomic E-state index is 6.01. The summed E-state index contributed by atoms with van der Waals surface area (Å²) in [6, 6.07) is 16.3. The van der Waals surface area contributed by atoms with Crippen LogP contribution in [0.15, 0.2) is 48.5 Å². The lowest BCUT2D eigenvalue weighted by Gasteiger charge is -2.20. The fourth-order valence-corrected chi connectivity index (χ4v) is 3.61. The van der Waals surface area contributed by atoms with E-state index >= 15 is 0 Å². The summed E-state index contributed by atoms with van der Waals surface area (Å²) in [5.41, 5.74) is 4.36. The Balaban J connectivity index is 1.61. The molecule has 2 aromatic carbocycles. The second kappa shape index (κ2) is 7.24. The Morgan fingerprint density at radius 1 is 1.04 bits per heavy atom. The number of anilines is 1. The number of fused-ring (bicyclic) bond motifs is 1. The van der Waals surface area contributed by atoms with E-state index in [0.29, 0.717) is 6.61 Å². The second-order valence-corrected chi connectivity index (χ2v) is 6.76. The van der Waals surface area contributed by atoms with E-state index in [2.05, 4.69) is 24.0 Å². The molecule has 4 nitrogen and oxygen atoms in total. The van der Waals surface area contributed by atoms with Gasteiger partial charge in [-0.25, -0.2) is 0 Å². The van der Waals surface area contributed by atoms with Gasteiger partial charge in [0.1, 0.15) is 18.1 Å². The Hall–Kier alpha value is -2.75. The van der Waals surface area contributed by atoms with Crippen molar-refractivity contribution in [2.45, 2.75) is 26.4 Å². The molecule has 1 saturated heterocycles. The summed E-state index contributed by atoms with van der Waals surface area (Å²) in [4.78, 5) is 7.19. The average molecular weight is 348 g/mol. The number of ether oxygens (including phenoxy) is 2. The van der Waals surface area contributed by atoms with Crippen molar-refractivity contribution in [2.24, 2.45) is 0 Å². The van der Waals surface area contributed by atoms with Crippen LogP contribution in [0.1, 0.15) is 24.1 Å². The number of aromatic nitrogens is 1. The van der Waals surface area contributed by atoms with Gasteiger partial charge in [-0.1, -0.05) is 18.2 Å². The Morgan fingerprint density at radius 2 is 1.85 bits per heavy atom. The van der Waals surface area contributed by atoms with Crippen LogP contribution in [0.5, 0.6) is 11.5 Å². The predicted octanol–water partition coefficient (Wildman–Crippen LogP) is 4.73. The minimum atomic E-state index is 0.473. The van der Waals surface area contributed by atoms with E-state index in [1.165, 1.54) is 23.9 Å². The SMILES string of the molecule is COc1ccccc1COc1ccc2c(N3CCCC3)cc(C)nc2c1. The maximum Gasteiger partial charge on any atom is 0.125 e. The summed E-state index contributed by atoms with van der Waals surface area (Å²) in [7, 11) is 1.68. The highest BCUT2D eigenvalue weighted by molar-refractivity contribution is 5.93. The Bertz CT molecular complexity index is 917. The van der Waals surface area contributed by atoms with Crippen LogP contribution in [-0.4, -0.2) is 25.2 Å². The van der Waals surface area contributed by atoms with Crippen molar-refractivity contribution in [1.29, 1.82) is 0 Å². The van der Waals surface area contributed by atoms with Crippen molar-refractivity contribution >= 4 is 16.6 Å². The molecule has 4 rings (SSSR count). The van der Waals surface area contributed by atoms with E-state index in [1.54, 1.807) is 7.11 Å². The lowest BCUT2D eigenvalue weighted by molar-refractivity contribution is 0.297. The quantitative estimate of drug-likeness (QED) is 0.667. The minimum Gasteiger partial charge on any atom is -0.496 e. The van der Waals surface area contributed by atoms with Crippen molar-refractivity contribution in [3.05, 3.63) is 59.8 Å². The van der Waals surface area contributed by atoms with E-state index in [9.17, 15) is 0 Å². The van der Waals surface area contributed by atoms with Gasteiger partial charge in [0.25, 0.3) is 0 Å². The van der Waals surface area contributed by atoms with Crippen LogP contribution < -0.4 is 14.4 Å². The molecule has 26 heavy (non-hydrogen) atoms. The number of aryl methyl sites for hydroxylation is 1. The van der Waals surface area contributed by atoms with Gasteiger partial charge >= 0.3 is 0 Å². The summed E-state index contributed by atoms with van der Waals surface area (Å²) in [5, 5.41) is 1.20. The fourth-order valence-electron chi connectivity index (χ4n) is 3.61. The maximum absolute atomic E-state index is 6.01. The van der Waals surface area contributed by atoms with Crippen LogP contribution in [0.25, 0.3) is 10.9 Å². The van der Waals surface area contributed by atoms with Crippen molar-refractivity contribution in [1.82, 2.24) is 4.98 Å². The lowest BCUT2D eigenvalue weighted by Crippen LogP contribution is -2.18. The highest BCUT2D eigenvalue weighted by Crippen LogP contribution is 2.32. The number of rotatable bonds is 5. The zero-order chi connectivity index (χ0) is 17.9. The third-order valence-corrected chi connectivity index (χ3v) is 4.92. The van der Waals surface area contributed by atoms with Gasteiger partial charge in [-0.2, -0.15) is 0 Å². The number of hydrogen-bond acceptors (Lipinski definition) is 4. The van der Waals surface area contributed by atoms with Gasteiger partial charge in [0.05, 0.1) is 12.6 Å². The van der Waals surface area contributed by atoms with Crippen LogP contribution in [0.2, 0.25) is 0 Å². The zero-order valence-electron chi connectivity index (χ0n) is 15.4. The first kappa shape index (κ1) is 16.7. The number of pyridine rings is 1. The molecule has 134 valence electrons. The Kier molecular flexibility index (Phi) is 4.65. The van der Waals surface area contributed by atoms with Crippen LogP contribution in [-0.2, 0) is 6.61 Å². The molecule has 0 aliphatic carbocycles.